The third-order valence-electron chi connectivity index (χ3n) is 6.07. The molecule has 1 atom stereocenters. The average Bonchev–Trinajstić information content (AvgIpc) is 3.46. The number of aromatic nitrogens is 3. The Morgan fingerprint density at radius 1 is 1.27 bits per heavy atom. The van der Waals surface area contributed by atoms with Crippen LogP contribution in [0.2, 0.25) is 0 Å². The minimum atomic E-state index is -3.58. The lowest BCUT2D eigenvalue weighted by molar-refractivity contribution is 0.251. The topological polar surface area (TPSA) is 115 Å². The first-order valence-corrected chi connectivity index (χ1v) is 11.3. The third kappa shape index (κ3) is 2.70. The molecule has 2 aromatic heterocycles. The number of nitrogens with zero attached hydrogens (tertiary/aromatic N) is 4. The predicted octanol–water partition coefficient (Wildman–Crippen LogP) is 2.15. The molecule has 1 saturated heterocycles. The van der Waals surface area contributed by atoms with Gasteiger partial charge >= 0.3 is 0 Å². The van der Waals surface area contributed by atoms with Gasteiger partial charge < -0.3 is 4.52 Å². The van der Waals surface area contributed by atoms with Crippen LogP contribution in [-0.2, 0) is 10.2 Å². The molecular formula is C16H21N5O3S2. The molecule has 2 saturated carbocycles. The molecule has 1 aliphatic heterocycles. The highest BCUT2D eigenvalue weighted by Gasteiger charge is 2.57. The van der Waals surface area contributed by atoms with Crippen molar-refractivity contribution in [2.75, 3.05) is 13.1 Å². The summed E-state index contributed by atoms with van der Waals surface area (Å²) in [6, 6.07) is 0. The van der Waals surface area contributed by atoms with Crippen LogP contribution in [0.5, 0.6) is 0 Å². The molecule has 0 unspecified atom stereocenters. The zero-order valence-electron chi connectivity index (χ0n) is 14.5. The van der Waals surface area contributed by atoms with Crippen LogP contribution in [-0.4, -0.2) is 41.2 Å². The molecule has 3 aliphatic rings. The Balaban J connectivity index is 1.34. The summed E-state index contributed by atoms with van der Waals surface area (Å²) in [5.41, 5.74) is 2.22. The van der Waals surface area contributed by atoms with Gasteiger partial charge in [-0.2, -0.15) is 12.7 Å². The molecule has 3 fully saturated rings. The first kappa shape index (κ1) is 16.8. The van der Waals surface area contributed by atoms with Crippen molar-refractivity contribution in [2.45, 2.75) is 50.9 Å². The molecule has 0 aromatic carbocycles. The first-order valence-electron chi connectivity index (χ1n) is 8.95. The molecule has 10 heteroatoms. The van der Waals surface area contributed by atoms with Crippen LogP contribution in [0.3, 0.4) is 0 Å². The number of hydrogen-bond donors (Lipinski definition) is 1. The lowest BCUT2D eigenvalue weighted by Crippen LogP contribution is -2.42. The molecule has 2 aliphatic carbocycles. The van der Waals surface area contributed by atoms with Gasteiger partial charge in [-0.3, -0.25) is 0 Å². The van der Waals surface area contributed by atoms with E-state index in [1.165, 1.54) is 4.31 Å². The first-order chi connectivity index (χ1) is 12.4. The Morgan fingerprint density at radius 2 is 2.00 bits per heavy atom. The van der Waals surface area contributed by atoms with Crippen molar-refractivity contribution in [1.82, 2.24) is 19.7 Å². The van der Waals surface area contributed by atoms with Crippen LogP contribution in [0.1, 0.15) is 60.4 Å². The van der Waals surface area contributed by atoms with E-state index in [2.05, 4.69) is 15.4 Å². The van der Waals surface area contributed by atoms with Crippen LogP contribution < -0.4 is 5.14 Å². The van der Waals surface area contributed by atoms with Gasteiger partial charge in [-0.05, 0) is 44.4 Å². The third-order valence-corrected chi connectivity index (χ3v) is 8.21. The van der Waals surface area contributed by atoms with Gasteiger partial charge in [-0.15, -0.1) is 10.2 Å². The van der Waals surface area contributed by atoms with E-state index in [0.717, 1.165) is 59.1 Å². The summed E-state index contributed by atoms with van der Waals surface area (Å²) >= 11 is 1.63. The van der Waals surface area contributed by atoms with Crippen LogP contribution in [0.4, 0.5) is 0 Å². The fourth-order valence-electron chi connectivity index (χ4n) is 4.20. The molecule has 5 rings (SSSR count). The molecule has 2 aromatic rings. The molecule has 0 radical (unpaired) electrons. The second-order valence-electron chi connectivity index (χ2n) is 7.78. The highest BCUT2D eigenvalue weighted by molar-refractivity contribution is 7.86. The van der Waals surface area contributed by atoms with Gasteiger partial charge in [0, 0.05) is 24.9 Å². The quantitative estimate of drug-likeness (QED) is 0.848. The Labute approximate surface area is 155 Å². The van der Waals surface area contributed by atoms with Gasteiger partial charge in [0.25, 0.3) is 10.2 Å². The maximum atomic E-state index is 11.5. The van der Waals surface area contributed by atoms with Crippen molar-refractivity contribution in [1.29, 1.82) is 0 Å². The molecule has 8 nitrogen and oxygen atoms in total. The monoisotopic (exact) mass is 395 g/mol. The zero-order valence-corrected chi connectivity index (χ0v) is 16.1. The smallest absolute Gasteiger partial charge is 0.276 e. The number of piperidine rings is 1. The summed E-state index contributed by atoms with van der Waals surface area (Å²) in [4.78, 5) is 0. The van der Waals surface area contributed by atoms with Crippen molar-refractivity contribution in [3.05, 3.63) is 16.5 Å². The van der Waals surface area contributed by atoms with E-state index in [4.69, 9.17) is 9.66 Å². The van der Waals surface area contributed by atoms with E-state index in [1.54, 1.807) is 11.3 Å². The van der Waals surface area contributed by atoms with Gasteiger partial charge in [0.2, 0.25) is 0 Å². The standard InChI is InChI=1S/C16H21N5O3S2/c1-9-12(13(20-24-9)10-2-3-10)15-19-18-14(25-15)11-8-16(11)4-6-21(7-5-16)26(17,22)23/h10-11H,2-8H2,1H3,(H2,17,22,23)/t11-/m0/s1. The number of aryl methyl sites for hydroxylation is 1. The van der Waals surface area contributed by atoms with E-state index < -0.39 is 10.2 Å². The molecule has 0 bridgehead atoms. The molecule has 26 heavy (non-hydrogen) atoms. The van der Waals surface area contributed by atoms with Gasteiger partial charge in [-0.25, -0.2) is 5.14 Å². The average molecular weight is 396 g/mol. The van der Waals surface area contributed by atoms with Gasteiger partial charge in [0.15, 0.2) is 5.01 Å². The fraction of sp³-hybridized carbons (Fsp3) is 0.688. The Morgan fingerprint density at radius 3 is 2.65 bits per heavy atom. The summed E-state index contributed by atoms with van der Waals surface area (Å²) in [6.45, 7) is 2.92. The summed E-state index contributed by atoms with van der Waals surface area (Å²) < 4.78 is 29.8. The Bertz CT molecular complexity index is 954. The number of rotatable bonds is 4. The van der Waals surface area contributed by atoms with Crippen molar-refractivity contribution in [2.24, 2.45) is 10.6 Å². The summed E-state index contributed by atoms with van der Waals surface area (Å²) in [5, 5.41) is 20.3. The second-order valence-corrected chi connectivity index (χ2v) is 10.3. The van der Waals surface area contributed by atoms with Crippen molar-refractivity contribution in [3.8, 4) is 10.6 Å². The molecule has 140 valence electrons. The summed E-state index contributed by atoms with van der Waals surface area (Å²) in [6.07, 6.45) is 5.05. The molecule has 1 spiro atoms. The molecular weight excluding hydrogens is 374 g/mol. The van der Waals surface area contributed by atoms with E-state index in [-0.39, 0.29) is 5.41 Å². The fourth-order valence-corrected chi connectivity index (χ4v) is 6.08. The second kappa shape index (κ2) is 5.57. The maximum absolute atomic E-state index is 11.5. The van der Waals surface area contributed by atoms with Gasteiger partial charge in [0.1, 0.15) is 10.8 Å². The number of hydrogen-bond acceptors (Lipinski definition) is 7. The largest absolute Gasteiger partial charge is 0.361 e. The van der Waals surface area contributed by atoms with Crippen LogP contribution in [0, 0.1) is 12.3 Å². The van der Waals surface area contributed by atoms with Crippen molar-refractivity contribution in [3.63, 3.8) is 0 Å². The highest BCUT2D eigenvalue weighted by Crippen LogP contribution is 2.65. The van der Waals surface area contributed by atoms with E-state index in [1.807, 2.05) is 6.92 Å². The molecule has 0 amide bonds. The molecule has 2 N–H and O–H groups in total. The normalized spacial score (nSPS) is 25.7. The Hall–Kier alpha value is -1.36. The zero-order chi connectivity index (χ0) is 18.1. The lowest BCUT2D eigenvalue weighted by atomic mass is 9.92. The Kier molecular flexibility index (Phi) is 3.60. The van der Waals surface area contributed by atoms with Crippen molar-refractivity contribution >= 4 is 21.5 Å². The lowest BCUT2D eigenvalue weighted by Gasteiger charge is -2.30. The minimum absolute atomic E-state index is 0.168. The highest BCUT2D eigenvalue weighted by atomic mass is 32.2. The molecule has 3 heterocycles. The maximum Gasteiger partial charge on any atom is 0.276 e. The SMILES string of the molecule is Cc1onc(C2CC2)c1-c1nnc([C@@H]2CC23CCN(S(N)(=O)=O)CC3)s1. The van der Waals surface area contributed by atoms with Crippen LogP contribution >= 0.6 is 11.3 Å². The van der Waals surface area contributed by atoms with Crippen LogP contribution in [0.15, 0.2) is 4.52 Å². The van der Waals surface area contributed by atoms with Gasteiger partial charge in [0.05, 0.1) is 11.3 Å². The number of nitrogens with two attached hydrogens (primary N) is 1. The van der Waals surface area contributed by atoms with E-state index in [0.29, 0.717) is 24.9 Å². The van der Waals surface area contributed by atoms with Gasteiger partial charge in [-0.1, -0.05) is 16.5 Å². The minimum Gasteiger partial charge on any atom is -0.361 e. The van der Waals surface area contributed by atoms with E-state index >= 15 is 0 Å². The van der Waals surface area contributed by atoms with E-state index in [9.17, 15) is 8.42 Å². The predicted molar refractivity (Wildman–Crippen MR) is 95.8 cm³/mol. The summed E-state index contributed by atoms with van der Waals surface area (Å²) in [7, 11) is -3.58. The van der Waals surface area contributed by atoms with Crippen molar-refractivity contribution < 1.29 is 12.9 Å². The summed E-state index contributed by atoms with van der Waals surface area (Å²) in [5.74, 6) is 1.69. The van der Waals surface area contributed by atoms with Crippen LogP contribution in [0.25, 0.3) is 10.6 Å².